The first kappa shape index (κ1) is 15.5. The Labute approximate surface area is 122 Å². The van der Waals surface area contributed by atoms with Crippen molar-refractivity contribution in [3.05, 3.63) is 35.9 Å². The molecular weight excluding hydrogens is 248 g/mol. The maximum Gasteiger partial charge on any atom is 0.151 e. The number of aryl methyl sites for hydroxylation is 1. The number of unbranched alkanes of at least 4 members (excludes halogenated alkanes) is 2. The lowest BCUT2D eigenvalue weighted by Crippen LogP contribution is -2.16. The molecule has 0 spiro atoms. The van der Waals surface area contributed by atoms with Crippen LogP contribution in [0.1, 0.15) is 56.9 Å². The fraction of sp³-hybridized carbons (Fsp3) is 0.667. The summed E-state index contributed by atoms with van der Waals surface area (Å²) in [7, 11) is 0. The Balaban J connectivity index is 1.58. The molecule has 1 saturated carbocycles. The third-order valence-electron chi connectivity index (χ3n) is 4.71. The first-order valence-corrected chi connectivity index (χ1v) is 8.16. The van der Waals surface area contributed by atoms with Crippen LogP contribution in [0.2, 0.25) is 0 Å². The van der Waals surface area contributed by atoms with E-state index in [1.165, 1.54) is 56.9 Å². The molecule has 1 aliphatic rings. The van der Waals surface area contributed by atoms with Crippen LogP contribution in [-0.4, -0.2) is 16.5 Å². The van der Waals surface area contributed by atoms with Crippen LogP contribution in [0.5, 0.6) is 0 Å². The number of hydrogen-bond donors (Lipinski definition) is 2. The van der Waals surface area contributed by atoms with Crippen molar-refractivity contribution in [2.75, 3.05) is 0 Å². The molecule has 0 unspecified atom stereocenters. The Bertz CT molecular complexity index is 361. The van der Waals surface area contributed by atoms with Gasteiger partial charge in [-0.2, -0.15) is 0 Å². The molecule has 1 aliphatic carbocycles. The maximum absolute atomic E-state index is 9.12. The zero-order valence-electron chi connectivity index (χ0n) is 12.4. The molecular formula is C18H28O2. The second-order valence-electron chi connectivity index (χ2n) is 6.25. The summed E-state index contributed by atoms with van der Waals surface area (Å²) in [5.41, 5.74) is 1.44. The summed E-state index contributed by atoms with van der Waals surface area (Å²) in [6.45, 7) is 0. The van der Waals surface area contributed by atoms with E-state index in [9.17, 15) is 0 Å². The quantitative estimate of drug-likeness (QED) is 0.558. The minimum atomic E-state index is -1.11. The van der Waals surface area contributed by atoms with Gasteiger partial charge in [0, 0.05) is 6.42 Å². The van der Waals surface area contributed by atoms with Crippen LogP contribution in [0.3, 0.4) is 0 Å². The van der Waals surface area contributed by atoms with Crippen molar-refractivity contribution >= 4 is 0 Å². The molecule has 112 valence electrons. The summed E-state index contributed by atoms with van der Waals surface area (Å²) in [6, 6.07) is 10.7. The minimum absolute atomic E-state index is 0.545. The van der Waals surface area contributed by atoms with E-state index in [-0.39, 0.29) is 0 Å². The van der Waals surface area contributed by atoms with Crippen molar-refractivity contribution in [3.63, 3.8) is 0 Å². The van der Waals surface area contributed by atoms with E-state index in [4.69, 9.17) is 10.2 Å². The highest BCUT2D eigenvalue weighted by Gasteiger charge is 2.27. The molecule has 2 rings (SSSR count). The van der Waals surface area contributed by atoms with Crippen molar-refractivity contribution in [3.8, 4) is 0 Å². The highest BCUT2D eigenvalue weighted by molar-refractivity contribution is 5.14. The molecule has 0 aromatic heterocycles. The molecule has 2 heteroatoms. The van der Waals surface area contributed by atoms with Gasteiger partial charge in [-0.3, -0.25) is 0 Å². The van der Waals surface area contributed by atoms with E-state index in [0.29, 0.717) is 12.3 Å². The fourth-order valence-corrected chi connectivity index (χ4v) is 3.63. The van der Waals surface area contributed by atoms with Gasteiger partial charge < -0.3 is 10.2 Å². The minimum Gasteiger partial charge on any atom is -0.368 e. The van der Waals surface area contributed by atoms with Gasteiger partial charge >= 0.3 is 0 Å². The Morgan fingerprint density at radius 3 is 2.45 bits per heavy atom. The van der Waals surface area contributed by atoms with Crippen molar-refractivity contribution in [1.29, 1.82) is 0 Å². The first-order valence-electron chi connectivity index (χ1n) is 8.16. The van der Waals surface area contributed by atoms with Crippen LogP contribution >= 0.6 is 0 Å². The molecule has 1 aromatic rings. The molecule has 0 heterocycles. The number of aliphatic hydroxyl groups excluding tert-OH is 1. The summed E-state index contributed by atoms with van der Waals surface area (Å²) in [5, 5.41) is 18.2. The van der Waals surface area contributed by atoms with Crippen LogP contribution in [0.25, 0.3) is 0 Å². The van der Waals surface area contributed by atoms with E-state index in [2.05, 4.69) is 30.3 Å². The van der Waals surface area contributed by atoms with Crippen molar-refractivity contribution in [2.45, 2.75) is 64.1 Å². The second kappa shape index (κ2) is 8.43. The number of aliphatic hydroxyl groups is 2. The smallest absolute Gasteiger partial charge is 0.151 e. The Kier molecular flexibility index (Phi) is 6.55. The SMILES string of the molecule is OC(O)C[C@H]1CCC[C@@H]1CCCCCc1ccccc1. The van der Waals surface area contributed by atoms with E-state index >= 15 is 0 Å². The normalized spacial score (nSPS) is 22.6. The summed E-state index contributed by atoms with van der Waals surface area (Å²) in [4.78, 5) is 0. The standard InChI is InChI=1S/C18H28O2/c19-18(20)14-17-13-7-12-16(17)11-6-2-5-10-15-8-3-1-4-9-15/h1,3-4,8-9,16-20H,2,5-7,10-14H2/t16-,17+/m0/s1. The molecule has 1 fully saturated rings. The van der Waals surface area contributed by atoms with Crippen LogP contribution in [-0.2, 0) is 6.42 Å². The van der Waals surface area contributed by atoms with Crippen LogP contribution in [0, 0.1) is 11.8 Å². The number of hydrogen-bond acceptors (Lipinski definition) is 2. The molecule has 0 aliphatic heterocycles. The van der Waals surface area contributed by atoms with Gasteiger partial charge in [0.05, 0.1) is 0 Å². The predicted octanol–water partition coefficient (Wildman–Crippen LogP) is 3.91. The van der Waals surface area contributed by atoms with Crippen LogP contribution in [0.4, 0.5) is 0 Å². The van der Waals surface area contributed by atoms with Crippen molar-refractivity contribution in [1.82, 2.24) is 0 Å². The largest absolute Gasteiger partial charge is 0.368 e. The summed E-state index contributed by atoms with van der Waals surface area (Å²) < 4.78 is 0. The predicted molar refractivity (Wildman–Crippen MR) is 82.3 cm³/mol. The lowest BCUT2D eigenvalue weighted by Gasteiger charge is -2.20. The van der Waals surface area contributed by atoms with E-state index in [1.54, 1.807) is 0 Å². The summed E-state index contributed by atoms with van der Waals surface area (Å²) in [5.74, 6) is 1.28. The van der Waals surface area contributed by atoms with Crippen molar-refractivity contribution in [2.24, 2.45) is 11.8 Å². The van der Waals surface area contributed by atoms with Crippen LogP contribution < -0.4 is 0 Å². The zero-order valence-corrected chi connectivity index (χ0v) is 12.4. The fourth-order valence-electron chi connectivity index (χ4n) is 3.63. The van der Waals surface area contributed by atoms with Gasteiger partial charge in [0.15, 0.2) is 6.29 Å². The van der Waals surface area contributed by atoms with Crippen molar-refractivity contribution < 1.29 is 10.2 Å². The molecule has 2 nitrogen and oxygen atoms in total. The molecule has 2 N–H and O–H groups in total. The molecule has 20 heavy (non-hydrogen) atoms. The Morgan fingerprint density at radius 1 is 0.950 bits per heavy atom. The average molecular weight is 276 g/mol. The van der Waals surface area contributed by atoms with Gasteiger partial charge in [-0.25, -0.2) is 0 Å². The van der Waals surface area contributed by atoms with Gasteiger partial charge in [0.25, 0.3) is 0 Å². The van der Waals surface area contributed by atoms with Gasteiger partial charge in [0.1, 0.15) is 0 Å². The van der Waals surface area contributed by atoms with Gasteiger partial charge in [-0.15, -0.1) is 0 Å². The number of benzene rings is 1. The van der Waals surface area contributed by atoms with E-state index in [1.807, 2.05) is 0 Å². The maximum atomic E-state index is 9.12. The molecule has 0 bridgehead atoms. The zero-order chi connectivity index (χ0) is 14.2. The number of rotatable bonds is 8. The Morgan fingerprint density at radius 2 is 1.70 bits per heavy atom. The average Bonchev–Trinajstić information content (AvgIpc) is 2.86. The lowest BCUT2D eigenvalue weighted by atomic mass is 9.88. The Hall–Kier alpha value is -0.860. The highest BCUT2D eigenvalue weighted by atomic mass is 16.5. The molecule has 2 atom stereocenters. The summed E-state index contributed by atoms with van der Waals surface area (Å²) >= 11 is 0. The molecule has 0 amide bonds. The molecule has 0 radical (unpaired) electrons. The monoisotopic (exact) mass is 276 g/mol. The van der Waals surface area contributed by atoms with Gasteiger partial charge in [-0.05, 0) is 36.7 Å². The molecule has 0 saturated heterocycles. The third-order valence-corrected chi connectivity index (χ3v) is 4.71. The second-order valence-corrected chi connectivity index (χ2v) is 6.25. The van der Waals surface area contributed by atoms with Gasteiger partial charge in [0.2, 0.25) is 0 Å². The first-order chi connectivity index (χ1) is 9.75. The molecule has 1 aromatic carbocycles. The lowest BCUT2D eigenvalue weighted by molar-refractivity contribution is -0.0594. The highest BCUT2D eigenvalue weighted by Crippen LogP contribution is 2.37. The van der Waals surface area contributed by atoms with E-state index < -0.39 is 6.29 Å². The third kappa shape index (κ3) is 5.26. The topological polar surface area (TPSA) is 40.5 Å². The summed E-state index contributed by atoms with van der Waals surface area (Å²) in [6.07, 6.45) is 9.51. The van der Waals surface area contributed by atoms with Gasteiger partial charge in [-0.1, -0.05) is 62.4 Å². The van der Waals surface area contributed by atoms with Crippen LogP contribution in [0.15, 0.2) is 30.3 Å². The van der Waals surface area contributed by atoms with E-state index in [0.717, 1.165) is 5.92 Å².